The van der Waals surface area contributed by atoms with E-state index in [1.54, 1.807) is 20.8 Å². The summed E-state index contributed by atoms with van der Waals surface area (Å²) in [6.07, 6.45) is 0. The average Bonchev–Trinajstić information content (AvgIpc) is 2.44. The van der Waals surface area contributed by atoms with Crippen LogP contribution in [0.3, 0.4) is 0 Å². The molecule has 1 heterocycles. The fraction of sp³-hybridized carbons (Fsp3) is 0.583. The van der Waals surface area contributed by atoms with E-state index in [0.29, 0.717) is 18.8 Å². The van der Waals surface area contributed by atoms with E-state index in [2.05, 4.69) is 0 Å². The minimum Gasteiger partial charge on any atom is -0.475 e. The number of likely N-dealkylation sites (N-methyl/N-ethyl adjacent to an activating group) is 1. The van der Waals surface area contributed by atoms with Crippen LogP contribution in [0.25, 0.3) is 0 Å². The van der Waals surface area contributed by atoms with Crippen LogP contribution in [-0.2, 0) is 6.54 Å². The van der Waals surface area contributed by atoms with Crippen molar-refractivity contribution in [1.82, 2.24) is 4.90 Å². The lowest BCUT2D eigenvalue weighted by Crippen LogP contribution is -2.35. The molecule has 0 unspecified atom stereocenters. The second kappa shape index (κ2) is 4.89. The third-order valence-electron chi connectivity index (χ3n) is 2.33. The Balaban J connectivity index is 2.71. The summed E-state index contributed by atoms with van der Waals surface area (Å²) in [6.45, 7) is 6.25. The molecule has 0 radical (unpaired) electrons. The summed E-state index contributed by atoms with van der Waals surface area (Å²) < 4.78 is 5.12. The third kappa shape index (κ3) is 4.20. The van der Waals surface area contributed by atoms with Crippen LogP contribution in [0.5, 0.6) is 0 Å². The highest BCUT2D eigenvalue weighted by molar-refractivity contribution is 5.84. The van der Waals surface area contributed by atoms with Gasteiger partial charge in [-0.3, -0.25) is 4.90 Å². The van der Waals surface area contributed by atoms with Crippen molar-refractivity contribution in [3.8, 4) is 0 Å². The maximum absolute atomic E-state index is 10.7. The summed E-state index contributed by atoms with van der Waals surface area (Å²) in [5.41, 5.74) is 0.0521. The van der Waals surface area contributed by atoms with Crippen LogP contribution in [0.15, 0.2) is 10.5 Å². The minimum atomic E-state index is -1.07. The van der Waals surface area contributed by atoms with Crippen molar-refractivity contribution in [2.45, 2.75) is 32.9 Å². The summed E-state index contributed by atoms with van der Waals surface area (Å²) in [4.78, 5) is 12.7. The Morgan fingerprint density at radius 3 is 2.53 bits per heavy atom. The normalized spacial score (nSPS) is 12.1. The highest BCUT2D eigenvalue weighted by Crippen LogP contribution is 2.17. The van der Waals surface area contributed by atoms with Crippen LogP contribution in [0, 0.1) is 6.92 Å². The maximum Gasteiger partial charge on any atom is 0.371 e. The summed E-state index contributed by atoms with van der Waals surface area (Å²) in [6, 6.07) is 1.53. The molecule has 0 aliphatic heterocycles. The molecule has 96 valence electrons. The van der Waals surface area contributed by atoms with Crippen LogP contribution in [0.4, 0.5) is 0 Å². The van der Waals surface area contributed by atoms with Gasteiger partial charge >= 0.3 is 5.97 Å². The minimum absolute atomic E-state index is 0.0471. The molecule has 1 rings (SSSR count). The van der Waals surface area contributed by atoms with Crippen LogP contribution >= 0.6 is 0 Å². The number of nitrogens with zero attached hydrogens (tertiary/aromatic N) is 1. The summed E-state index contributed by atoms with van der Waals surface area (Å²) in [7, 11) is 1.87. The molecule has 5 heteroatoms. The summed E-state index contributed by atoms with van der Waals surface area (Å²) >= 11 is 0. The standard InChI is InChI=1S/C12H19NO4/c1-8-9(5-10(17-8)11(14)15)6-13(4)7-12(2,3)16/h5,16H,6-7H2,1-4H3,(H,14,15). The van der Waals surface area contributed by atoms with Gasteiger partial charge in [-0.05, 0) is 33.9 Å². The number of carbonyl (C=O) groups is 1. The second-order valence-corrected chi connectivity index (χ2v) is 4.98. The van der Waals surface area contributed by atoms with E-state index in [4.69, 9.17) is 9.52 Å². The van der Waals surface area contributed by atoms with Gasteiger partial charge in [-0.15, -0.1) is 0 Å². The highest BCUT2D eigenvalue weighted by Gasteiger charge is 2.18. The van der Waals surface area contributed by atoms with Gasteiger partial charge in [-0.1, -0.05) is 0 Å². The van der Waals surface area contributed by atoms with E-state index in [1.807, 2.05) is 11.9 Å². The molecule has 0 spiro atoms. The zero-order valence-corrected chi connectivity index (χ0v) is 10.6. The molecule has 2 N–H and O–H groups in total. The Morgan fingerprint density at radius 2 is 2.12 bits per heavy atom. The van der Waals surface area contributed by atoms with E-state index in [-0.39, 0.29) is 5.76 Å². The van der Waals surface area contributed by atoms with E-state index < -0.39 is 11.6 Å². The molecule has 0 fully saturated rings. The number of aliphatic hydroxyl groups is 1. The Labute approximate surface area is 101 Å². The van der Waals surface area contributed by atoms with E-state index in [9.17, 15) is 9.90 Å². The Kier molecular flexibility index (Phi) is 3.95. The van der Waals surface area contributed by atoms with Crippen LogP contribution in [0.1, 0.15) is 35.7 Å². The lowest BCUT2D eigenvalue weighted by Gasteiger charge is -2.25. The van der Waals surface area contributed by atoms with Crippen molar-refractivity contribution in [3.05, 3.63) is 23.2 Å². The quantitative estimate of drug-likeness (QED) is 0.817. The molecule has 0 atom stereocenters. The van der Waals surface area contributed by atoms with Gasteiger partial charge in [0.2, 0.25) is 5.76 Å². The smallest absolute Gasteiger partial charge is 0.371 e. The second-order valence-electron chi connectivity index (χ2n) is 4.98. The van der Waals surface area contributed by atoms with Gasteiger partial charge in [0.05, 0.1) is 5.60 Å². The van der Waals surface area contributed by atoms with Gasteiger partial charge in [0, 0.05) is 18.7 Å². The van der Waals surface area contributed by atoms with Crippen molar-refractivity contribution in [3.63, 3.8) is 0 Å². The number of rotatable bonds is 5. The predicted octanol–water partition coefficient (Wildman–Crippen LogP) is 1.49. The molecule has 17 heavy (non-hydrogen) atoms. The molecule has 0 saturated heterocycles. The summed E-state index contributed by atoms with van der Waals surface area (Å²) in [5, 5.41) is 18.5. The van der Waals surface area contributed by atoms with Crippen molar-refractivity contribution in [2.24, 2.45) is 0 Å². The number of carboxylic acid groups (broad SMARTS) is 1. The Morgan fingerprint density at radius 1 is 1.53 bits per heavy atom. The lowest BCUT2D eigenvalue weighted by atomic mass is 10.1. The Bertz CT molecular complexity index is 403. The van der Waals surface area contributed by atoms with Crippen LogP contribution in [-0.4, -0.2) is 40.3 Å². The molecule has 1 aromatic rings. The largest absolute Gasteiger partial charge is 0.475 e. The van der Waals surface area contributed by atoms with Crippen LogP contribution in [0.2, 0.25) is 0 Å². The third-order valence-corrected chi connectivity index (χ3v) is 2.33. The molecule has 0 aliphatic carbocycles. The molecular weight excluding hydrogens is 222 g/mol. The number of aryl methyl sites for hydroxylation is 1. The van der Waals surface area contributed by atoms with Gasteiger partial charge in [0.1, 0.15) is 5.76 Å². The van der Waals surface area contributed by atoms with Gasteiger partial charge < -0.3 is 14.6 Å². The molecule has 5 nitrogen and oxygen atoms in total. The monoisotopic (exact) mass is 241 g/mol. The molecule has 0 saturated carbocycles. The number of carboxylic acids is 1. The van der Waals surface area contributed by atoms with E-state index in [1.165, 1.54) is 6.07 Å². The molecule has 0 amide bonds. The van der Waals surface area contributed by atoms with E-state index >= 15 is 0 Å². The fourth-order valence-electron chi connectivity index (χ4n) is 1.79. The van der Waals surface area contributed by atoms with Crippen molar-refractivity contribution in [2.75, 3.05) is 13.6 Å². The van der Waals surface area contributed by atoms with Gasteiger partial charge in [0.15, 0.2) is 0 Å². The predicted molar refractivity (Wildman–Crippen MR) is 63.0 cm³/mol. The van der Waals surface area contributed by atoms with E-state index in [0.717, 1.165) is 5.56 Å². The van der Waals surface area contributed by atoms with Gasteiger partial charge in [-0.2, -0.15) is 0 Å². The van der Waals surface area contributed by atoms with Crippen molar-refractivity contribution < 1.29 is 19.4 Å². The first kappa shape index (κ1) is 13.7. The molecule has 0 bridgehead atoms. The van der Waals surface area contributed by atoms with Gasteiger partial charge in [-0.25, -0.2) is 4.79 Å². The molecule has 0 aliphatic rings. The molecular formula is C12H19NO4. The topological polar surface area (TPSA) is 73.9 Å². The maximum atomic E-state index is 10.7. The number of hydrogen-bond donors (Lipinski definition) is 2. The zero-order chi connectivity index (χ0) is 13.2. The molecule has 1 aromatic heterocycles. The number of hydrogen-bond acceptors (Lipinski definition) is 4. The Hall–Kier alpha value is -1.33. The first-order valence-electron chi connectivity index (χ1n) is 5.42. The summed E-state index contributed by atoms with van der Waals surface area (Å²) in [5.74, 6) is -0.511. The fourth-order valence-corrected chi connectivity index (χ4v) is 1.79. The van der Waals surface area contributed by atoms with Crippen LogP contribution < -0.4 is 0 Å². The first-order valence-corrected chi connectivity index (χ1v) is 5.42. The number of furan rings is 1. The SMILES string of the molecule is Cc1oc(C(=O)O)cc1CN(C)CC(C)(C)O. The van der Waals surface area contributed by atoms with Crippen molar-refractivity contribution >= 4 is 5.97 Å². The number of aromatic carboxylic acids is 1. The molecule has 0 aromatic carbocycles. The highest BCUT2D eigenvalue weighted by atomic mass is 16.4. The van der Waals surface area contributed by atoms with Gasteiger partial charge in [0.25, 0.3) is 0 Å². The zero-order valence-electron chi connectivity index (χ0n) is 10.6. The van der Waals surface area contributed by atoms with Crippen molar-refractivity contribution in [1.29, 1.82) is 0 Å². The lowest BCUT2D eigenvalue weighted by molar-refractivity contribution is 0.0423. The first-order chi connectivity index (χ1) is 7.69. The average molecular weight is 241 g/mol.